The minimum atomic E-state index is -1.57. The van der Waals surface area contributed by atoms with E-state index in [1.54, 1.807) is 48.5 Å². The molecular formula is C28H40O3. The fourth-order valence-corrected chi connectivity index (χ4v) is 3.62. The number of hydrogen-bond donors (Lipinski definition) is 0. The molecule has 0 amide bonds. The quantitative estimate of drug-likeness (QED) is 0.311. The summed E-state index contributed by atoms with van der Waals surface area (Å²) < 4.78 is 5.64. The number of carbonyl (C=O) groups excluding carboxylic acids is 2. The van der Waals surface area contributed by atoms with Crippen LogP contribution in [0.3, 0.4) is 0 Å². The first-order valence-electron chi connectivity index (χ1n) is 11.4. The van der Waals surface area contributed by atoms with Gasteiger partial charge in [-0.15, -0.1) is 0 Å². The Morgan fingerprint density at radius 2 is 1.26 bits per heavy atom. The molecule has 0 saturated carbocycles. The molecule has 0 N–H and O–H groups in total. The Kier molecular flexibility index (Phi) is 10.8. The Labute approximate surface area is 189 Å². The molecule has 0 aliphatic heterocycles. The number of carbonyl (C=O) groups is 2. The molecule has 0 bridgehead atoms. The Morgan fingerprint density at radius 1 is 0.839 bits per heavy atom. The molecule has 0 spiro atoms. The van der Waals surface area contributed by atoms with E-state index >= 15 is 0 Å². The average Bonchev–Trinajstić information content (AvgIpc) is 2.78. The summed E-state index contributed by atoms with van der Waals surface area (Å²) in [5.41, 5.74) is -1.35. The number of rotatable bonds is 9. The summed E-state index contributed by atoms with van der Waals surface area (Å²) in [7, 11) is 1.42. The van der Waals surface area contributed by atoms with Gasteiger partial charge in [0.15, 0.2) is 5.60 Å². The second-order valence-electron chi connectivity index (χ2n) is 9.18. The zero-order chi connectivity index (χ0) is 23.5. The van der Waals surface area contributed by atoms with Gasteiger partial charge in [-0.25, -0.2) is 0 Å². The lowest BCUT2D eigenvalue weighted by molar-refractivity contribution is -0.0417. The number of unbranched alkanes of at least 4 members (excludes halogenated alkanes) is 1. The standard InChI is InChI=1S/C20H22O3.C8H18/c1-19(2,3)20(23-4,17(21)15-11-7-5-8-12-15)18(22)16-13-9-6-10-14-16;1-4-6-7-8(3)5-2/h5-14H,1-4H3;8H,4-7H2,1-3H3. The van der Waals surface area contributed by atoms with Crippen LogP contribution < -0.4 is 0 Å². The smallest absolute Gasteiger partial charge is 0.203 e. The normalized spacial score (nSPS) is 12.5. The molecule has 1 atom stereocenters. The van der Waals surface area contributed by atoms with Gasteiger partial charge in [0.05, 0.1) is 0 Å². The molecule has 0 heterocycles. The Morgan fingerprint density at radius 3 is 1.55 bits per heavy atom. The Balaban J connectivity index is 0.000000512. The number of Topliss-reactive ketones (excluding diaryl/α,β-unsaturated/α-hetero) is 2. The summed E-state index contributed by atoms with van der Waals surface area (Å²) in [6.07, 6.45) is 5.53. The van der Waals surface area contributed by atoms with Gasteiger partial charge in [-0.2, -0.15) is 0 Å². The second kappa shape index (κ2) is 12.6. The SMILES string of the molecule is CCCCC(C)CC.COC(C(=O)c1ccccc1)(C(=O)c1ccccc1)C(C)(C)C. The van der Waals surface area contributed by atoms with E-state index in [4.69, 9.17) is 4.74 Å². The van der Waals surface area contributed by atoms with Crippen molar-refractivity contribution in [3.63, 3.8) is 0 Å². The molecule has 31 heavy (non-hydrogen) atoms. The van der Waals surface area contributed by atoms with E-state index in [0.717, 1.165) is 5.92 Å². The number of hydrogen-bond acceptors (Lipinski definition) is 3. The van der Waals surface area contributed by atoms with Crippen molar-refractivity contribution in [1.82, 2.24) is 0 Å². The summed E-state index contributed by atoms with van der Waals surface area (Å²) in [4.78, 5) is 26.4. The van der Waals surface area contributed by atoms with Gasteiger partial charge in [-0.05, 0) is 5.92 Å². The molecule has 0 aromatic heterocycles. The molecule has 3 nitrogen and oxygen atoms in total. The van der Waals surface area contributed by atoms with Crippen molar-refractivity contribution in [1.29, 1.82) is 0 Å². The van der Waals surface area contributed by atoms with Gasteiger partial charge in [-0.1, -0.05) is 128 Å². The van der Waals surface area contributed by atoms with Crippen LogP contribution in [0.1, 0.15) is 87.9 Å². The van der Waals surface area contributed by atoms with Gasteiger partial charge in [0, 0.05) is 23.7 Å². The summed E-state index contributed by atoms with van der Waals surface area (Å²) in [6.45, 7) is 12.4. The van der Waals surface area contributed by atoms with Crippen molar-refractivity contribution in [3.8, 4) is 0 Å². The molecule has 2 aromatic carbocycles. The summed E-state index contributed by atoms with van der Waals surface area (Å²) in [5.74, 6) is 0.318. The monoisotopic (exact) mass is 424 g/mol. The molecule has 0 aliphatic carbocycles. The molecule has 2 rings (SSSR count). The van der Waals surface area contributed by atoms with Gasteiger partial charge in [0.25, 0.3) is 0 Å². The van der Waals surface area contributed by atoms with Crippen LogP contribution in [-0.4, -0.2) is 24.3 Å². The maximum absolute atomic E-state index is 13.2. The van der Waals surface area contributed by atoms with Crippen molar-refractivity contribution in [2.45, 2.75) is 72.8 Å². The minimum Gasteiger partial charge on any atom is -0.361 e. The first-order chi connectivity index (χ1) is 14.7. The molecule has 2 aromatic rings. The summed E-state index contributed by atoms with van der Waals surface area (Å²) in [5, 5.41) is 0. The molecular weight excluding hydrogens is 384 g/mol. The van der Waals surface area contributed by atoms with Crippen LogP contribution in [0.15, 0.2) is 60.7 Å². The zero-order valence-corrected chi connectivity index (χ0v) is 20.4. The molecule has 1 unspecified atom stereocenters. The summed E-state index contributed by atoms with van der Waals surface area (Å²) >= 11 is 0. The first kappa shape index (κ1) is 26.8. The Hall–Kier alpha value is -2.26. The van der Waals surface area contributed by atoms with Crippen molar-refractivity contribution in [2.24, 2.45) is 11.3 Å². The highest BCUT2D eigenvalue weighted by atomic mass is 16.5. The van der Waals surface area contributed by atoms with Crippen LogP contribution >= 0.6 is 0 Å². The van der Waals surface area contributed by atoms with E-state index in [1.165, 1.54) is 32.8 Å². The lowest BCUT2D eigenvalue weighted by atomic mass is 9.68. The third-order valence-corrected chi connectivity index (χ3v) is 5.82. The molecule has 0 fully saturated rings. The predicted octanol–water partition coefficient (Wildman–Crippen LogP) is 7.41. The fourth-order valence-electron chi connectivity index (χ4n) is 3.62. The summed E-state index contributed by atoms with van der Waals surface area (Å²) in [6, 6.07) is 17.6. The van der Waals surface area contributed by atoms with E-state index < -0.39 is 11.0 Å². The van der Waals surface area contributed by atoms with Crippen LogP contribution in [0.5, 0.6) is 0 Å². The molecule has 0 saturated heterocycles. The van der Waals surface area contributed by atoms with Gasteiger partial charge in [-0.3, -0.25) is 9.59 Å². The number of ether oxygens (including phenoxy) is 1. The lowest BCUT2D eigenvalue weighted by Crippen LogP contribution is -2.57. The van der Waals surface area contributed by atoms with Crippen LogP contribution in [0, 0.1) is 11.3 Å². The zero-order valence-electron chi connectivity index (χ0n) is 20.4. The van der Waals surface area contributed by atoms with Crippen LogP contribution in [-0.2, 0) is 4.74 Å². The van der Waals surface area contributed by atoms with Crippen molar-refractivity contribution in [2.75, 3.05) is 7.11 Å². The van der Waals surface area contributed by atoms with E-state index in [9.17, 15) is 9.59 Å². The molecule has 0 aliphatic rings. The van der Waals surface area contributed by atoms with Crippen LogP contribution in [0.4, 0.5) is 0 Å². The second-order valence-corrected chi connectivity index (χ2v) is 9.18. The van der Waals surface area contributed by atoms with Gasteiger partial charge in [0.1, 0.15) is 0 Å². The topological polar surface area (TPSA) is 43.4 Å². The highest BCUT2D eigenvalue weighted by molar-refractivity contribution is 6.23. The molecule has 170 valence electrons. The van der Waals surface area contributed by atoms with Gasteiger partial charge < -0.3 is 4.74 Å². The largest absolute Gasteiger partial charge is 0.361 e. The lowest BCUT2D eigenvalue weighted by Gasteiger charge is -2.40. The maximum atomic E-state index is 13.2. The highest BCUT2D eigenvalue weighted by Crippen LogP contribution is 2.39. The highest BCUT2D eigenvalue weighted by Gasteiger charge is 2.55. The van der Waals surface area contributed by atoms with Gasteiger partial charge in [0.2, 0.25) is 11.6 Å². The van der Waals surface area contributed by atoms with E-state index in [0.29, 0.717) is 11.1 Å². The molecule has 0 radical (unpaired) electrons. The first-order valence-corrected chi connectivity index (χ1v) is 11.4. The Bertz CT molecular complexity index is 737. The third kappa shape index (κ3) is 6.87. The van der Waals surface area contributed by atoms with Crippen molar-refractivity contribution < 1.29 is 14.3 Å². The number of benzene rings is 2. The third-order valence-electron chi connectivity index (χ3n) is 5.82. The minimum absolute atomic E-state index is 0.318. The average molecular weight is 425 g/mol. The number of methoxy groups -OCH3 is 1. The fraction of sp³-hybridized carbons (Fsp3) is 0.500. The van der Waals surface area contributed by atoms with E-state index in [-0.39, 0.29) is 11.6 Å². The van der Waals surface area contributed by atoms with Crippen LogP contribution in [0.25, 0.3) is 0 Å². The van der Waals surface area contributed by atoms with Crippen molar-refractivity contribution >= 4 is 11.6 Å². The predicted molar refractivity (Wildman–Crippen MR) is 130 cm³/mol. The van der Waals surface area contributed by atoms with E-state index in [1.807, 2.05) is 32.9 Å². The van der Waals surface area contributed by atoms with Gasteiger partial charge >= 0.3 is 0 Å². The maximum Gasteiger partial charge on any atom is 0.203 e. The van der Waals surface area contributed by atoms with Crippen molar-refractivity contribution in [3.05, 3.63) is 71.8 Å². The number of ketones is 2. The van der Waals surface area contributed by atoms with E-state index in [2.05, 4.69) is 20.8 Å². The van der Waals surface area contributed by atoms with Crippen LogP contribution in [0.2, 0.25) is 0 Å². The molecule has 3 heteroatoms.